The molecule has 2 aromatic carbocycles. The van der Waals surface area contributed by atoms with Gasteiger partial charge in [-0.05, 0) is 55.3 Å². The molecule has 1 amide bonds. The molecule has 0 bridgehead atoms. The number of rotatable bonds is 7. The van der Waals surface area contributed by atoms with Crippen LogP contribution in [0.15, 0.2) is 60.9 Å². The minimum absolute atomic E-state index is 0.103. The Hall–Kier alpha value is -3.98. The SMILES string of the molecule is CN(C)C(=O)CN1CCC(c2cc(-c3cc(F)cc(OCc4ccccc4)c3)c3c(N)ncnn23)CC1. The first-order chi connectivity index (χ1) is 17.9. The number of carbonyl (C=O) groups is 1. The number of anilines is 1. The van der Waals surface area contributed by atoms with Gasteiger partial charge in [-0.2, -0.15) is 5.10 Å². The summed E-state index contributed by atoms with van der Waals surface area (Å²) in [4.78, 5) is 20.1. The van der Waals surface area contributed by atoms with Crippen molar-refractivity contribution >= 4 is 17.2 Å². The van der Waals surface area contributed by atoms with E-state index in [1.54, 1.807) is 19.0 Å². The Morgan fingerprint density at radius 2 is 1.89 bits per heavy atom. The van der Waals surface area contributed by atoms with E-state index in [0.29, 0.717) is 35.8 Å². The zero-order valence-corrected chi connectivity index (χ0v) is 21.1. The van der Waals surface area contributed by atoms with Crippen molar-refractivity contribution in [3.05, 3.63) is 78.0 Å². The number of hydrogen-bond acceptors (Lipinski definition) is 6. The van der Waals surface area contributed by atoms with Gasteiger partial charge < -0.3 is 15.4 Å². The third kappa shape index (κ3) is 5.41. The Morgan fingerprint density at radius 1 is 1.14 bits per heavy atom. The Morgan fingerprint density at radius 3 is 2.62 bits per heavy atom. The number of carbonyl (C=O) groups excluding carboxylic acids is 1. The fraction of sp³-hybridized carbons (Fsp3) is 0.321. The third-order valence-corrected chi connectivity index (χ3v) is 6.90. The van der Waals surface area contributed by atoms with Crippen molar-refractivity contribution in [2.45, 2.75) is 25.4 Å². The Balaban J connectivity index is 1.43. The molecule has 5 rings (SSSR count). The van der Waals surface area contributed by atoms with Crippen molar-refractivity contribution in [1.82, 2.24) is 24.4 Å². The number of nitrogen functional groups attached to an aromatic ring is 1. The Labute approximate surface area is 215 Å². The molecule has 4 aromatic rings. The minimum Gasteiger partial charge on any atom is -0.489 e. The first kappa shape index (κ1) is 24.7. The average molecular weight is 503 g/mol. The zero-order chi connectivity index (χ0) is 25.9. The molecule has 2 N–H and O–H groups in total. The molecule has 1 aliphatic rings. The van der Waals surface area contributed by atoms with Gasteiger partial charge in [0.25, 0.3) is 0 Å². The molecule has 0 radical (unpaired) electrons. The normalized spacial score (nSPS) is 14.7. The van der Waals surface area contributed by atoms with Crippen molar-refractivity contribution in [3.63, 3.8) is 0 Å². The van der Waals surface area contributed by atoms with Gasteiger partial charge in [0.1, 0.15) is 30.0 Å². The van der Waals surface area contributed by atoms with Gasteiger partial charge in [-0.1, -0.05) is 30.3 Å². The van der Waals surface area contributed by atoms with E-state index >= 15 is 0 Å². The number of benzene rings is 2. The number of nitrogens with zero attached hydrogens (tertiary/aromatic N) is 5. The maximum atomic E-state index is 14.7. The summed E-state index contributed by atoms with van der Waals surface area (Å²) in [7, 11) is 3.55. The van der Waals surface area contributed by atoms with E-state index < -0.39 is 5.82 Å². The maximum Gasteiger partial charge on any atom is 0.236 e. The number of likely N-dealkylation sites (tertiary alicyclic amines) is 1. The molecule has 3 heterocycles. The van der Waals surface area contributed by atoms with Gasteiger partial charge in [0.2, 0.25) is 5.91 Å². The number of amides is 1. The molecule has 0 aliphatic carbocycles. The highest BCUT2D eigenvalue weighted by atomic mass is 19.1. The number of ether oxygens (including phenoxy) is 1. The summed E-state index contributed by atoms with van der Waals surface area (Å²) in [5, 5.41) is 4.50. The highest BCUT2D eigenvalue weighted by molar-refractivity contribution is 5.88. The fourth-order valence-corrected chi connectivity index (χ4v) is 4.87. The second-order valence-corrected chi connectivity index (χ2v) is 9.68. The number of nitrogens with two attached hydrogens (primary N) is 1. The molecule has 9 heteroatoms. The van der Waals surface area contributed by atoms with Gasteiger partial charge in [-0.15, -0.1) is 0 Å². The van der Waals surface area contributed by atoms with Crippen molar-refractivity contribution in [3.8, 4) is 16.9 Å². The summed E-state index contributed by atoms with van der Waals surface area (Å²) in [6.07, 6.45) is 3.20. The Bertz CT molecular complexity index is 1400. The largest absolute Gasteiger partial charge is 0.489 e. The molecule has 0 atom stereocenters. The summed E-state index contributed by atoms with van der Waals surface area (Å²) >= 11 is 0. The van der Waals surface area contributed by atoms with Crippen molar-refractivity contribution in [2.75, 3.05) is 39.5 Å². The molecule has 37 heavy (non-hydrogen) atoms. The van der Waals surface area contributed by atoms with E-state index in [1.165, 1.54) is 18.5 Å². The van der Waals surface area contributed by atoms with Crippen LogP contribution in [0.4, 0.5) is 10.2 Å². The van der Waals surface area contributed by atoms with E-state index in [4.69, 9.17) is 10.5 Å². The molecular formula is C28H31FN6O2. The van der Waals surface area contributed by atoms with Crippen molar-refractivity contribution in [1.29, 1.82) is 0 Å². The molecule has 0 unspecified atom stereocenters. The molecule has 2 aromatic heterocycles. The van der Waals surface area contributed by atoms with Crippen LogP contribution in [0.2, 0.25) is 0 Å². The summed E-state index contributed by atoms with van der Waals surface area (Å²) in [5.74, 6) is 0.709. The number of piperidine rings is 1. The standard InChI is InChI=1S/C28H31FN6O2/c1-33(2)26(36)16-34-10-8-20(9-11-34)25-15-24(27-28(30)31-18-32-35(25)27)21-12-22(29)14-23(13-21)37-17-19-6-4-3-5-7-19/h3-7,12-15,18,20H,8-11,16-17H2,1-2H3,(H2,30,31,32). The second kappa shape index (κ2) is 10.6. The predicted octanol–water partition coefficient (Wildman–Crippen LogP) is 3.96. The second-order valence-electron chi connectivity index (χ2n) is 9.68. The molecule has 1 saturated heterocycles. The highest BCUT2D eigenvalue weighted by Crippen LogP contribution is 2.38. The van der Waals surface area contributed by atoms with Crippen LogP contribution in [0.3, 0.4) is 0 Å². The molecular weight excluding hydrogens is 471 g/mol. The molecule has 192 valence electrons. The van der Waals surface area contributed by atoms with Gasteiger partial charge in [0.05, 0.1) is 6.54 Å². The van der Waals surface area contributed by atoms with Gasteiger partial charge in [-0.3, -0.25) is 9.69 Å². The zero-order valence-electron chi connectivity index (χ0n) is 21.1. The number of fused-ring (bicyclic) bond motifs is 1. The summed E-state index contributed by atoms with van der Waals surface area (Å²) in [6.45, 7) is 2.38. The number of aromatic nitrogens is 3. The van der Waals surface area contributed by atoms with Crippen LogP contribution >= 0.6 is 0 Å². The van der Waals surface area contributed by atoms with Gasteiger partial charge in [0, 0.05) is 37.3 Å². The van der Waals surface area contributed by atoms with Crippen molar-refractivity contribution < 1.29 is 13.9 Å². The lowest BCUT2D eigenvalue weighted by Crippen LogP contribution is -2.40. The quantitative estimate of drug-likeness (QED) is 0.412. The number of hydrogen-bond donors (Lipinski definition) is 1. The first-order valence-electron chi connectivity index (χ1n) is 12.4. The lowest BCUT2D eigenvalue weighted by atomic mass is 9.93. The van der Waals surface area contributed by atoms with Gasteiger partial charge in [-0.25, -0.2) is 13.9 Å². The first-order valence-corrected chi connectivity index (χ1v) is 12.4. The van der Waals surface area contributed by atoms with Crippen LogP contribution in [0.1, 0.15) is 30.0 Å². The predicted molar refractivity (Wildman–Crippen MR) is 141 cm³/mol. The average Bonchev–Trinajstić information content (AvgIpc) is 3.29. The van der Waals surface area contributed by atoms with E-state index in [0.717, 1.165) is 42.8 Å². The number of halogens is 1. The lowest BCUT2D eigenvalue weighted by Gasteiger charge is -2.31. The maximum absolute atomic E-state index is 14.7. The Kier molecular flexibility index (Phi) is 7.05. The van der Waals surface area contributed by atoms with E-state index in [1.807, 2.05) is 47.0 Å². The van der Waals surface area contributed by atoms with Crippen LogP contribution in [0, 0.1) is 5.82 Å². The molecule has 0 saturated carbocycles. The minimum atomic E-state index is -0.393. The van der Waals surface area contributed by atoms with E-state index in [9.17, 15) is 9.18 Å². The number of likely N-dealkylation sites (N-methyl/N-ethyl adjacent to an activating group) is 1. The lowest BCUT2D eigenvalue weighted by molar-refractivity contribution is -0.130. The van der Waals surface area contributed by atoms with Crippen LogP contribution < -0.4 is 10.5 Å². The van der Waals surface area contributed by atoms with Crippen LogP contribution in [-0.4, -0.2) is 64.0 Å². The summed E-state index contributed by atoms with van der Waals surface area (Å²) in [5.41, 5.74) is 10.4. The highest BCUT2D eigenvalue weighted by Gasteiger charge is 2.27. The van der Waals surface area contributed by atoms with E-state index in [-0.39, 0.29) is 11.8 Å². The van der Waals surface area contributed by atoms with Crippen molar-refractivity contribution in [2.24, 2.45) is 0 Å². The summed E-state index contributed by atoms with van der Waals surface area (Å²) < 4.78 is 22.5. The monoisotopic (exact) mass is 502 g/mol. The third-order valence-electron chi connectivity index (χ3n) is 6.90. The molecule has 8 nitrogen and oxygen atoms in total. The smallest absolute Gasteiger partial charge is 0.236 e. The molecule has 0 spiro atoms. The van der Waals surface area contributed by atoms with Gasteiger partial charge in [0.15, 0.2) is 5.82 Å². The topological polar surface area (TPSA) is 89.0 Å². The fourth-order valence-electron chi connectivity index (χ4n) is 4.87. The van der Waals surface area contributed by atoms with Crippen LogP contribution in [0.5, 0.6) is 5.75 Å². The van der Waals surface area contributed by atoms with Crippen LogP contribution in [0.25, 0.3) is 16.6 Å². The molecule has 1 aliphatic heterocycles. The van der Waals surface area contributed by atoms with Crippen LogP contribution in [-0.2, 0) is 11.4 Å². The summed E-state index contributed by atoms with van der Waals surface area (Å²) in [6, 6.07) is 16.5. The van der Waals surface area contributed by atoms with E-state index in [2.05, 4.69) is 15.0 Å². The molecule has 1 fully saturated rings. The van der Waals surface area contributed by atoms with Gasteiger partial charge >= 0.3 is 0 Å².